The summed E-state index contributed by atoms with van der Waals surface area (Å²) in [4.78, 5) is 12.3. The number of hydrogen-bond acceptors (Lipinski definition) is 2. The van der Waals surface area contributed by atoms with Crippen molar-refractivity contribution in [2.75, 3.05) is 5.32 Å². The highest BCUT2D eigenvalue weighted by Crippen LogP contribution is 2.30. The number of amides is 1. The molecule has 0 aliphatic heterocycles. The maximum atomic E-state index is 12.3. The SMILES string of the molecule is O=C(Nc1c(Cl)cccc1Cl)c1ccc(OCc2ccccc2)cc1. The number of para-hydroxylation sites is 1. The van der Waals surface area contributed by atoms with E-state index in [2.05, 4.69) is 5.32 Å². The summed E-state index contributed by atoms with van der Waals surface area (Å²) in [5.41, 5.74) is 1.97. The van der Waals surface area contributed by atoms with E-state index >= 15 is 0 Å². The Morgan fingerprint density at radius 2 is 1.48 bits per heavy atom. The van der Waals surface area contributed by atoms with Gasteiger partial charge in [-0.05, 0) is 42.0 Å². The predicted molar refractivity (Wildman–Crippen MR) is 102 cm³/mol. The van der Waals surface area contributed by atoms with E-state index in [4.69, 9.17) is 27.9 Å². The second-order valence-electron chi connectivity index (χ2n) is 5.35. The average Bonchev–Trinajstić information content (AvgIpc) is 2.64. The van der Waals surface area contributed by atoms with Gasteiger partial charge in [0.2, 0.25) is 0 Å². The maximum Gasteiger partial charge on any atom is 0.255 e. The van der Waals surface area contributed by atoms with Crippen molar-refractivity contribution in [3.05, 3.63) is 94.0 Å². The minimum atomic E-state index is -0.287. The monoisotopic (exact) mass is 371 g/mol. The van der Waals surface area contributed by atoms with Crippen molar-refractivity contribution in [2.45, 2.75) is 6.61 Å². The molecule has 25 heavy (non-hydrogen) atoms. The van der Waals surface area contributed by atoms with Crippen LogP contribution in [0, 0.1) is 0 Å². The number of carbonyl (C=O) groups excluding carboxylic acids is 1. The Morgan fingerprint density at radius 1 is 0.840 bits per heavy atom. The van der Waals surface area contributed by atoms with Gasteiger partial charge >= 0.3 is 0 Å². The van der Waals surface area contributed by atoms with Crippen molar-refractivity contribution in [1.29, 1.82) is 0 Å². The maximum absolute atomic E-state index is 12.3. The van der Waals surface area contributed by atoms with E-state index in [-0.39, 0.29) is 5.91 Å². The standard InChI is InChI=1S/C20H15Cl2NO2/c21-17-7-4-8-18(22)19(17)23-20(24)15-9-11-16(12-10-15)25-13-14-5-2-1-3-6-14/h1-12H,13H2,(H,23,24). The van der Waals surface area contributed by atoms with E-state index in [0.717, 1.165) is 5.56 Å². The number of rotatable bonds is 5. The molecule has 5 heteroatoms. The zero-order chi connectivity index (χ0) is 17.6. The van der Waals surface area contributed by atoms with Gasteiger partial charge in [-0.25, -0.2) is 0 Å². The van der Waals surface area contributed by atoms with Crippen molar-refractivity contribution in [2.24, 2.45) is 0 Å². The Bertz CT molecular complexity index is 844. The van der Waals surface area contributed by atoms with Crippen LogP contribution in [0.2, 0.25) is 10.0 Å². The largest absolute Gasteiger partial charge is 0.489 e. The quantitative estimate of drug-likeness (QED) is 0.612. The number of nitrogens with one attached hydrogen (secondary N) is 1. The van der Waals surface area contributed by atoms with E-state index in [1.54, 1.807) is 42.5 Å². The highest BCUT2D eigenvalue weighted by molar-refractivity contribution is 6.40. The smallest absolute Gasteiger partial charge is 0.255 e. The molecule has 0 saturated heterocycles. The summed E-state index contributed by atoms with van der Waals surface area (Å²) < 4.78 is 5.71. The molecular formula is C20H15Cl2NO2. The average molecular weight is 372 g/mol. The van der Waals surface area contributed by atoms with Crippen LogP contribution in [-0.2, 0) is 6.61 Å². The number of hydrogen-bond donors (Lipinski definition) is 1. The normalized spacial score (nSPS) is 10.3. The van der Waals surface area contributed by atoms with E-state index in [9.17, 15) is 4.79 Å². The molecule has 0 unspecified atom stereocenters. The Kier molecular flexibility index (Phi) is 5.59. The molecule has 0 aliphatic rings. The molecular weight excluding hydrogens is 357 g/mol. The molecule has 0 spiro atoms. The molecule has 0 bridgehead atoms. The third-order valence-corrected chi connectivity index (χ3v) is 4.20. The summed E-state index contributed by atoms with van der Waals surface area (Å²) in [6, 6.07) is 21.8. The Morgan fingerprint density at radius 3 is 2.12 bits per heavy atom. The molecule has 0 atom stereocenters. The molecule has 3 aromatic carbocycles. The van der Waals surface area contributed by atoms with Crippen molar-refractivity contribution in [1.82, 2.24) is 0 Å². The molecule has 3 rings (SSSR count). The lowest BCUT2D eigenvalue weighted by molar-refractivity contribution is 0.102. The van der Waals surface area contributed by atoms with Crippen LogP contribution in [0.4, 0.5) is 5.69 Å². The summed E-state index contributed by atoms with van der Waals surface area (Å²) in [7, 11) is 0. The highest BCUT2D eigenvalue weighted by atomic mass is 35.5. The predicted octanol–water partition coefficient (Wildman–Crippen LogP) is 5.82. The first kappa shape index (κ1) is 17.3. The first-order chi connectivity index (χ1) is 12.1. The van der Waals surface area contributed by atoms with Gasteiger partial charge in [-0.3, -0.25) is 4.79 Å². The van der Waals surface area contributed by atoms with E-state index in [0.29, 0.717) is 33.7 Å². The number of halogens is 2. The number of benzene rings is 3. The fraction of sp³-hybridized carbons (Fsp3) is 0.0500. The van der Waals surface area contributed by atoms with Gasteiger partial charge in [0, 0.05) is 5.56 Å². The number of anilines is 1. The second kappa shape index (κ2) is 8.06. The first-order valence-corrected chi connectivity index (χ1v) is 8.41. The van der Waals surface area contributed by atoms with Gasteiger partial charge in [0.15, 0.2) is 0 Å². The van der Waals surface area contributed by atoms with Crippen LogP contribution >= 0.6 is 23.2 Å². The third-order valence-electron chi connectivity index (χ3n) is 3.57. The Labute approximate surface area is 156 Å². The summed E-state index contributed by atoms with van der Waals surface area (Å²) >= 11 is 12.1. The fourth-order valence-corrected chi connectivity index (χ4v) is 2.74. The van der Waals surface area contributed by atoms with E-state index < -0.39 is 0 Å². The van der Waals surface area contributed by atoms with Crippen LogP contribution < -0.4 is 10.1 Å². The number of ether oxygens (including phenoxy) is 1. The van der Waals surface area contributed by atoms with Crippen molar-refractivity contribution in [3.8, 4) is 5.75 Å². The van der Waals surface area contributed by atoms with Crippen LogP contribution in [-0.4, -0.2) is 5.91 Å². The van der Waals surface area contributed by atoms with Crippen molar-refractivity contribution >= 4 is 34.8 Å². The van der Waals surface area contributed by atoms with Gasteiger partial charge in [-0.1, -0.05) is 59.6 Å². The first-order valence-electron chi connectivity index (χ1n) is 7.65. The topological polar surface area (TPSA) is 38.3 Å². The van der Waals surface area contributed by atoms with Crippen LogP contribution in [0.25, 0.3) is 0 Å². The summed E-state index contributed by atoms with van der Waals surface area (Å²) in [5, 5.41) is 3.51. The van der Waals surface area contributed by atoms with Gasteiger partial charge in [-0.2, -0.15) is 0 Å². The molecule has 0 heterocycles. The highest BCUT2D eigenvalue weighted by Gasteiger charge is 2.11. The Hall–Kier alpha value is -2.49. The van der Waals surface area contributed by atoms with Crippen molar-refractivity contribution < 1.29 is 9.53 Å². The van der Waals surface area contributed by atoms with Crippen molar-refractivity contribution in [3.63, 3.8) is 0 Å². The molecule has 126 valence electrons. The molecule has 0 fully saturated rings. The van der Waals surface area contributed by atoms with E-state index in [1.807, 2.05) is 30.3 Å². The minimum Gasteiger partial charge on any atom is -0.489 e. The molecule has 0 aromatic heterocycles. The zero-order valence-electron chi connectivity index (χ0n) is 13.2. The van der Waals surface area contributed by atoms with Crippen LogP contribution in [0.1, 0.15) is 15.9 Å². The molecule has 0 saturated carbocycles. The molecule has 1 N–H and O–H groups in total. The van der Waals surface area contributed by atoms with Gasteiger partial charge < -0.3 is 10.1 Å². The molecule has 0 aliphatic carbocycles. The lowest BCUT2D eigenvalue weighted by atomic mass is 10.2. The van der Waals surface area contributed by atoms with Crippen LogP contribution in [0.3, 0.4) is 0 Å². The number of carbonyl (C=O) groups is 1. The Balaban J connectivity index is 1.64. The van der Waals surface area contributed by atoms with Crippen LogP contribution in [0.5, 0.6) is 5.75 Å². The van der Waals surface area contributed by atoms with E-state index in [1.165, 1.54) is 0 Å². The van der Waals surface area contributed by atoms with Gasteiger partial charge in [-0.15, -0.1) is 0 Å². The van der Waals surface area contributed by atoms with Gasteiger partial charge in [0.1, 0.15) is 12.4 Å². The van der Waals surface area contributed by atoms with Gasteiger partial charge in [0.05, 0.1) is 15.7 Å². The van der Waals surface area contributed by atoms with Gasteiger partial charge in [0.25, 0.3) is 5.91 Å². The molecule has 1 amide bonds. The molecule has 3 aromatic rings. The molecule has 0 radical (unpaired) electrons. The molecule has 3 nitrogen and oxygen atoms in total. The fourth-order valence-electron chi connectivity index (χ4n) is 2.25. The lowest BCUT2D eigenvalue weighted by Gasteiger charge is -2.10. The minimum absolute atomic E-state index is 0.287. The summed E-state index contributed by atoms with van der Waals surface area (Å²) in [6.07, 6.45) is 0. The zero-order valence-corrected chi connectivity index (χ0v) is 14.7. The third kappa shape index (κ3) is 4.53. The lowest BCUT2D eigenvalue weighted by Crippen LogP contribution is -2.12. The summed E-state index contributed by atoms with van der Waals surface area (Å²) in [6.45, 7) is 0.474. The second-order valence-corrected chi connectivity index (χ2v) is 6.16. The summed E-state index contributed by atoms with van der Waals surface area (Å²) in [5.74, 6) is 0.404. The van der Waals surface area contributed by atoms with Crippen LogP contribution in [0.15, 0.2) is 72.8 Å².